The maximum atomic E-state index is 11.0. The molecule has 1 aromatic rings. The Labute approximate surface area is 117 Å². The van der Waals surface area contributed by atoms with Crippen molar-refractivity contribution in [1.82, 2.24) is 0 Å². The molecule has 6 heteroatoms. The maximum Gasteiger partial charge on any atom is 0.311 e. The minimum atomic E-state index is -0.494. The van der Waals surface area contributed by atoms with E-state index in [0.717, 1.165) is 19.3 Å². The van der Waals surface area contributed by atoms with Crippen molar-refractivity contribution in [3.8, 4) is 11.8 Å². The lowest BCUT2D eigenvalue weighted by molar-refractivity contribution is -0.385. The minimum Gasteiger partial charge on any atom is -0.486 e. The van der Waals surface area contributed by atoms with Crippen molar-refractivity contribution in [2.45, 2.75) is 19.3 Å². The molecule has 1 fully saturated rings. The molecule has 0 amide bonds. The van der Waals surface area contributed by atoms with Crippen LogP contribution in [-0.4, -0.2) is 18.1 Å². The van der Waals surface area contributed by atoms with Gasteiger partial charge in [-0.15, -0.1) is 0 Å². The van der Waals surface area contributed by atoms with Gasteiger partial charge in [-0.1, -0.05) is 6.42 Å². The molecule has 0 aliphatic heterocycles. The molecule has 0 radical (unpaired) electrons. The van der Waals surface area contributed by atoms with Gasteiger partial charge >= 0.3 is 5.69 Å². The Balaban J connectivity index is 2.11. The van der Waals surface area contributed by atoms with Crippen LogP contribution >= 0.6 is 0 Å². The summed E-state index contributed by atoms with van der Waals surface area (Å²) in [5.41, 5.74) is 5.96. The summed E-state index contributed by atoms with van der Waals surface area (Å²) in [4.78, 5) is 10.5. The van der Waals surface area contributed by atoms with Crippen LogP contribution in [0.25, 0.3) is 0 Å². The Kier molecular flexibility index (Phi) is 4.53. The van der Waals surface area contributed by atoms with Crippen LogP contribution < -0.4 is 10.5 Å². The molecule has 1 aliphatic rings. The second-order valence-electron chi connectivity index (χ2n) is 5.05. The summed E-state index contributed by atoms with van der Waals surface area (Å²) in [5, 5.41) is 19.8. The molecule has 1 saturated carbocycles. The Bertz CT molecular complexity index is 539. The molecule has 0 aromatic heterocycles. The maximum absolute atomic E-state index is 11.0. The molecule has 1 aliphatic carbocycles. The van der Waals surface area contributed by atoms with E-state index in [9.17, 15) is 10.1 Å². The van der Waals surface area contributed by atoms with Crippen molar-refractivity contribution in [2.75, 3.05) is 13.2 Å². The normalized spacial score (nSPS) is 21.4. The Morgan fingerprint density at radius 2 is 2.20 bits per heavy atom. The topological polar surface area (TPSA) is 102 Å². The fraction of sp³-hybridized carbons (Fsp3) is 0.500. The van der Waals surface area contributed by atoms with Crippen LogP contribution in [0.1, 0.15) is 24.8 Å². The van der Waals surface area contributed by atoms with Crippen molar-refractivity contribution in [3.05, 3.63) is 33.9 Å². The third-order valence-corrected chi connectivity index (χ3v) is 3.86. The zero-order valence-corrected chi connectivity index (χ0v) is 11.1. The van der Waals surface area contributed by atoms with Crippen molar-refractivity contribution < 1.29 is 9.66 Å². The van der Waals surface area contributed by atoms with E-state index in [2.05, 4.69) is 0 Å². The number of rotatable bonds is 5. The van der Waals surface area contributed by atoms with Gasteiger partial charge in [0.05, 0.1) is 23.2 Å². The lowest BCUT2D eigenvalue weighted by Crippen LogP contribution is -2.23. The number of nitriles is 1. The molecule has 20 heavy (non-hydrogen) atoms. The lowest BCUT2D eigenvalue weighted by atomic mass is 9.97. The summed E-state index contributed by atoms with van der Waals surface area (Å²) in [7, 11) is 0. The van der Waals surface area contributed by atoms with Crippen LogP contribution in [0.3, 0.4) is 0 Å². The van der Waals surface area contributed by atoms with Crippen LogP contribution in [-0.2, 0) is 0 Å². The summed E-state index contributed by atoms with van der Waals surface area (Å²) in [6.07, 6.45) is 3.24. The van der Waals surface area contributed by atoms with Crippen LogP contribution in [0.4, 0.5) is 5.69 Å². The van der Waals surface area contributed by atoms with E-state index in [4.69, 9.17) is 15.7 Å². The fourth-order valence-corrected chi connectivity index (χ4v) is 2.69. The first-order valence-electron chi connectivity index (χ1n) is 6.67. The molecule has 0 spiro atoms. The van der Waals surface area contributed by atoms with E-state index in [0.29, 0.717) is 30.6 Å². The van der Waals surface area contributed by atoms with Crippen molar-refractivity contribution in [1.29, 1.82) is 5.26 Å². The lowest BCUT2D eigenvalue weighted by Gasteiger charge is -2.18. The van der Waals surface area contributed by atoms with Crippen molar-refractivity contribution >= 4 is 5.69 Å². The van der Waals surface area contributed by atoms with E-state index < -0.39 is 4.92 Å². The fourth-order valence-electron chi connectivity index (χ4n) is 2.69. The quantitative estimate of drug-likeness (QED) is 0.655. The van der Waals surface area contributed by atoms with Gasteiger partial charge in [0.25, 0.3) is 0 Å². The van der Waals surface area contributed by atoms with E-state index >= 15 is 0 Å². The molecule has 106 valence electrons. The van der Waals surface area contributed by atoms with Crippen molar-refractivity contribution in [3.63, 3.8) is 0 Å². The first-order chi connectivity index (χ1) is 9.65. The van der Waals surface area contributed by atoms with Crippen LogP contribution in [0.5, 0.6) is 5.75 Å². The average Bonchev–Trinajstić information content (AvgIpc) is 2.91. The number of hydrogen-bond donors (Lipinski definition) is 1. The number of ether oxygens (including phenoxy) is 1. The first kappa shape index (κ1) is 14.3. The largest absolute Gasteiger partial charge is 0.486 e. The summed E-state index contributed by atoms with van der Waals surface area (Å²) >= 11 is 0. The molecule has 0 heterocycles. The summed E-state index contributed by atoms with van der Waals surface area (Å²) in [5.74, 6) is 0.926. The molecule has 0 bridgehead atoms. The van der Waals surface area contributed by atoms with Gasteiger partial charge in [0.2, 0.25) is 0 Å². The van der Waals surface area contributed by atoms with Crippen LogP contribution in [0, 0.1) is 33.3 Å². The van der Waals surface area contributed by atoms with E-state index in [1.807, 2.05) is 6.07 Å². The van der Waals surface area contributed by atoms with Gasteiger partial charge in [-0.25, -0.2) is 0 Å². The van der Waals surface area contributed by atoms with Gasteiger partial charge in [0, 0.05) is 12.1 Å². The highest BCUT2D eigenvalue weighted by Gasteiger charge is 2.27. The Hall–Kier alpha value is -2.13. The number of nitro benzene ring substituents is 1. The highest BCUT2D eigenvalue weighted by atomic mass is 16.6. The second kappa shape index (κ2) is 6.35. The van der Waals surface area contributed by atoms with Gasteiger partial charge in [0.1, 0.15) is 0 Å². The molecule has 2 rings (SSSR count). The van der Waals surface area contributed by atoms with Gasteiger partial charge in [-0.2, -0.15) is 5.26 Å². The number of nitro groups is 1. The number of benzene rings is 1. The third kappa shape index (κ3) is 3.06. The monoisotopic (exact) mass is 275 g/mol. The molecular formula is C14H17N3O3. The number of nitrogens with two attached hydrogens (primary N) is 1. The SMILES string of the molecule is N#Cc1ccc([N+](=O)[O-])c(OCC2CCCC2CN)c1. The second-order valence-corrected chi connectivity index (χ2v) is 5.05. The molecule has 1 aromatic carbocycles. The van der Waals surface area contributed by atoms with E-state index in [-0.39, 0.29) is 11.4 Å². The van der Waals surface area contributed by atoms with E-state index in [1.54, 1.807) is 0 Å². The minimum absolute atomic E-state index is 0.105. The summed E-state index contributed by atoms with van der Waals surface area (Å²) < 4.78 is 5.61. The number of nitrogens with zero attached hydrogens (tertiary/aromatic N) is 2. The van der Waals surface area contributed by atoms with Gasteiger partial charge in [-0.3, -0.25) is 10.1 Å². The molecule has 2 atom stereocenters. The standard InChI is InChI=1S/C14H17N3O3/c15-7-10-4-5-13(17(18)19)14(6-10)20-9-12-3-1-2-11(12)8-16/h4-6,11-12H,1-3,8-9,16H2. The highest BCUT2D eigenvalue weighted by molar-refractivity contribution is 5.51. The van der Waals surface area contributed by atoms with E-state index in [1.165, 1.54) is 18.2 Å². The number of hydrogen-bond acceptors (Lipinski definition) is 5. The Morgan fingerprint density at radius 1 is 1.45 bits per heavy atom. The molecule has 2 N–H and O–H groups in total. The van der Waals surface area contributed by atoms with Gasteiger partial charge in [0.15, 0.2) is 5.75 Å². The first-order valence-corrected chi connectivity index (χ1v) is 6.67. The zero-order chi connectivity index (χ0) is 14.5. The van der Waals surface area contributed by atoms with Gasteiger partial charge < -0.3 is 10.5 Å². The van der Waals surface area contributed by atoms with Gasteiger partial charge in [-0.05, 0) is 37.3 Å². The predicted molar refractivity (Wildman–Crippen MR) is 73.2 cm³/mol. The molecule has 6 nitrogen and oxygen atoms in total. The summed E-state index contributed by atoms with van der Waals surface area (Å²) in [6, 6.07) is 6.11. The molecule has 0 saturated heterocycles. The van der Waals surface area contributed by atoms with Crippen LogP contribution in [0.2, 0.25) is 0 Å². The third-order valence-electron chi connectivity index (χ3n) is 3.86. The highest BCUT2D eigenvalue weighted by Crippen LogP contribution is 2.33. The van der Waals surface area contributed by atoms with Crippen molar-refractivity contribution in [2.24, 2.45) is 17.6 Å². The zero-order valence-electron chi connectivity index (χ0n) is 11.1. The smallest absolute Gasteiger partial charge is 0.311 e. The molecular weight excluding hydrogens is 258 g/mol. The van der Waals surface area contributed by atoms with Crippen LogP contribution in [0.15, 0.2) is 18.2 Å². The summed E-state index contributed by atoms with van der Waals surface area (Å²) in [6.45, 7) is 1.03. The average molecular weight is 275 g/mol. The Morgan fingerprint density at radius 3 is 2.85 bits per heavy atom. The molecule has 2 unspecified atom stereocenters. The predicted octanol–water partition coefficient (Wildman–Crippen LogP) is 2.22.